The van der Waals surface area contributed by atoms with E-state index in [2.05, 4.69) is 46.4 Å². The Morgan fingerprint density at radius 3 is 2.55 bits per heavy atom. The van der Waals surface area contributed by atoms with Gasteiger partial charge in [0.05, 0.1) is 6.20 Å². The highest BCUT2D eigenvalue weighted by Gasteiger charge is 2.11. The van der Waals surface area contributed by atoms with Gasteiger partial charge in [-0.25, -0.2) is 4.98 Å². The van der Waals surface area contributed by atoms with Gasteiger partial charge in [0.2, 0.25) is 0 Å². The molecule has 0 spiro atoms. The molecule has 1 amide bonds. The Labute approximate surface area is 176 Å². The summed E-state index contributed by atoms with van der Waals surface area (Å²) in [5.41, 5.74) is 3.24. The summed E-state index contributed by atoms with van der Waals surface area (Å²) >= 11 is 6.19. The standard InChI is InChI=1S/C21H27ClN6O/c1-4-15-14-24-28-19(13-18(22)26-20(15)28)25-17-9-7-16(8-10-17)21(29)23-11-12-27(5-2)6-3/h7-10,13-14,25H,4-6,11-12H2,1-3H3,(H,23,29). The molecule has 0 unspecified atom stereocenters. The summed E-state index contributed by atoms with van der Waals surface area (Å²) in [6, 6.07) is 9.06. The number of carbonyl (C=O) groups is 1. The molecule has 29 heavy (non-hydrogen) atoms. The summed E-state index contributed by atoms with van der Waals surface area (Å²) in [5.74, 6) is 0.647. The van der Waals surface area contributed by atoms with Crippen LogP contribution in [0.2, 0.25) is 5.15 Å². The van der Waals surface area contributed by atoms with E-state index in [1.54, 1.807) is 28.9 Å². The third kappa shape index (κ3) is 5.05. The van der Waals surface area contributed by atoms with Gasteiger partial charge in [0.25, 0.3) is 5.91 Å². The van der Waals surface area contributed by atoms with Gasteiger partial charge in [0.15, 0.2) is 5.65 Å². The van der Waals surface area contributed by atoms with E-state index in [-0.39, 0.29) is 5.91 Å². The largest absolute Gasteiger partial charge is 0.351 e. The average Bonchev–Trinajstić information content (AvgIpc) is 3.14. The van der Waals surface area contributed by atoms with Gasteiger partial charge in [-0.1, -0.05) is 32.4 Å². The van der Waals surface area contributed by atoms with Crippen molar-refractivity contribution in [2.45, 2.75) is 27.2 Å². The Bertz CT molecular complexity index is 965. The third-order valence-electron chi connectivity index (χ3n) is 4.92. The summed E-state index contributed by atoms with van der Waals surface area (Å²) in [6.45, 7) is 9.73. The number of nitrogens with zero attached hydrogens (tertiary/aromatic N) is 4. The Balaban J connectivity index is 1.67. The number of fused-ring (bicyclic) bond motifs is 1. The second-order valence-electron chi connectivity index (χ2n) is 6.71. The molecule has 3 rings (SSSR count). The van der Waals surface area contributed by atoms with Crippen LogP contribution in [0.3, 0.4) is 0 Å². The van der Waals surface area contributed by atoms with E-state index in [9.17, 15) is 4.79 Å². The van der Waals surface area contributed by atoms with Crippen LogP contribution in [-0.2, 0) is 6.42 Å². The fourth-order valence-corrected chi connectivity index (χ4v) is 3.32. The quantitative estimate of drug-likeness (QED) is 0.521. The molecule has 3 aromatic rings. The molecule has 0 atom stereocenters. The molecule has 154 valence electrons. The van der Waals surface area contributed by atoms with Gasteiger partial charge in [-0.3, -0.25) is 4.79 Å². The third-order valence-corrected chi connectivity index (χ3v) is 5.12. The lowest BCUT2D eigenvalue weighted by atomic mass is 10.2. The van der Waals surface area contributed by atoms with Crippen LogP contribution in [-0.4, -0.2) is 51.6 Å². The van der Waals surface area contributed by atoms with Crippen LogP contribution in [0.5, 0.6) is 0 Å². The number of amides is 1. The van der Waals surface area contributed by atoms with E-state index in [0.717, 1.165) is 48.8 Å². The van der Waals surface area contributed by atoms with Gasteiger partial charge in [-0.2, -0.15) is 9.61 Å². The number of aromatic nitrogens is 3. The number of hydrogen-bond donors (Lipinski definition) is 2. The maximum atomic E-state index is 12.3. The number of nitrogens with one attached hydrogen (secondary N) is 2. The lowest BCUT2D eigenvalue weighted by Gasteiger charge is -2.18. The molecule has 2 N–H and O–H groups in total. The molecule has 0 aliphatic rings. The van der Waals surface area contributed by atoms with Gasteiger partial charge in [0.1, 0.15) is 11.0 Å². The van der Waals surface area contributed by atoms with Crippen molar-refractivity contribution < 1.29 is 4.79 Å². The van der Waals surface area contributed by atoms with Crippen molar-refractivity contribution in [3.63, 3.8) is 0 Å². The molecule has 0 fully saturated rings. The van der Waals surface area contributed by atoms with Gasteiger partial charge in [-0.05, 0) is 43.8 Å². The smallest absolute Gasteiger partial charge is 0.251 e. The second kappa shape index (κ2) is 9.71. The minimum absolute atomic E-state index is 0.0716. The van der Waals surface area contributed by atoms with E-state index in [1.165, 1.54) is 0 Å². The first-order valence-electron chi connectivity index (χ1n) is 9.96. The van der Waals surface area contributed by atoms with E-state index < -0.39 is 0 Å². The summed E-state index contributed by atoms with van der Waals surface area (Å²) < 4.78 is 1.73. The summed E-state index contributed by atoms with van der Waals surface area (Å²) in [7, 11) is 0. The number of benzene rings is 1. The molecule has 0 saturated carbocycles. The first kappa shape index (κ1) is 21.1. The molecule has 2 heterocycles. The number of aryl methyl sites for hydroxylation is 1. The lowest BCUT2D eigenvalue weighted by molar-refractivity contribution is 0.0949. The van der Waals surface area contributed by atoms with Gasteiger partial charge in [0, 0.05) is 36.0 Å². The van der Waals surface area contributed by atoms with Crippen LogP contribution < -0.4 is 10.6 Å². The van der Waals surface area contributed by atoms with Crippen LogP contribution in [0, 0.1) is 0 Å². The number of halogens is 1. The Hall–Kier alpha value is -2.64. The molecule has 8 heteroatoms. The van der Waals surface area contributed by atoms with Crippen molar-refractivity contribution >= 4 is 34.7 Å². The maximum Gasteiger partial charge on any atom is 0.251 e. The van der Waals surface area contributed by atoms with Crippen molar-refractivity contribution in [1.82, 2.24) is 24.8 Å². The molecule has 7 nitrogen and oxygen atoms in total. The molecule has 2 aromatic heterocycles. The van der Waals surface area contributed by atoms with Gasteiger partial charge < -0.3 is 15.5 Å². The van der Waals surface area contributed by atoms with Crippen molar-refractivity contribution in [2.75, 3.05) is 31.5 Å². The highest BCUT2D eigenvalue weighted by Crippen LogP contribution is 2.23. The van der Waals surface area contributed by atoms with Crippen LogP contribution in [0.25, 0.3) is 5.65 Å². The van der Waals surface area contributed by atoms with Crippen molar-refractivity contribution in [3.05, 3.63) is 52.8 Å². The average molecular weight is 415 g/mol. The monoisotopic (exact) mass is 414 g/mol. The highest BCUT2D eigenvalue weighted by atomic mass is 35.5. The number of hydrogen-bond acceptors (Lipinski definition) is 5. The number of carbonyl (C=O) groups excluding carboxylic acids is 1. The van der Waals surface area contributed by atoms with Crippen molar-refractivity contribution in [3.8, 4) is 0 Å². The molecule has 0 bridgehead atoms. The summed E-state index contributed by atoms with van der Waals surface area (Å²) in [6.07, 6.45) is 2.63. The number of likely N-dealkylation sites (N-methyl/N-ethyl adjacent to an activating group) is 1. The maximum absolute atomic E-state index is 12.3. The van der Waals surface area contributed by atoms with Crippen molar-refractivity contribution in [2.24, 2.45) is 0 Å². The van der Waals surface area contributed by atoms with Gasteiger partial charge in [-0.15, -0.1) is 0 Å². The van der Waals surface area contributed by atoms with Crippen LogP contribution in [0.1, 0.15) is 36.7 Å². The van der Waals surface area contributed by atoms with Crippen LogP contribution in [0.4, 0.5) is 11.5 Å². The zero-order chi connectivity index (χ0) is 20.8. The highest BCUT2D eigenvalue weighted by molar-refractivity contribution is 6.29. The Morgan fingerprint density at radius 1 is 1.17 bits per heavy atom. The molecule has 0 saturated heterocycles. The minimum Gasteiger partial charge on any atom is -0.351 e. The zero-order valence-corrected chi connectivity index (χ0v) is 17.8. The molecule has 0 aliphatic carbocycles. The predicted octanol–water partition coefficient (Wildman–Crippen LogP) is 3.76. The first-order valence-corrected chi connectivity index (χ1v) is 10.3. The topological polar surface area (TPSA) is 74.6 Å². The van der Waals surface area contributed by atoms with Crippen LogP contribution in [0.15, 0.2) is 36.5 Å². The molecule has 1 aromatic carbocycles. The van der Waals surface area contributed by atoms with E-state index in [0.29, 0.717) is 17.3 Å². The molecular weight excluding hydrogens is 388 g/mol. The lowest BCUT2D eigenvalue weighted by Crippen LogP contribution is -2.34. The fourth-order valence-electron chi connectivity index (χ4n) is 3.14. The molecule has 0 aliphatic heterocycles. The predicted molar refractivity (Wildman–Crippen MR) is 117 cm³/mol. The van der Waals surface area contributed by atoms with Crippen LogP contribution >= 0.6 is 11.6 Å². The fraction of sp³-hybridized carbons (Fsp3) is 0.381. The Morgan fingerprint density at radius 2 is 1.90 bits per heavy atom. The van der Waals surface area contributed by atoms with Crippen molar-refractivity contribution in [1.29, 1.82) is 0 Å². The minimum atomic E-state index is -0.0716. The summed E-state index contributed by atoms with van der Waals surface area (Å²) in [4.78, 5) is 19.0. The Kier molecular flexibility index (Phi) is 7.06. The second-order valence-corrected chi connectivity index (χ2v) is 7.10. The first-order chi connectivity index (χ1) is 14.0. The summed E-state index contributed by atoms with van der Waals surface area (Å²) in [5, 5.41) is 11.1. The molecular formula is C21H27ClN6O. The number of rotatable bonds is 9. The zero-order valence-electron chi connectivity index (χ0n) is 17.1. The SMILES string of the molecule is CCc1cnn2c(Nc3ccc(C(=O)NCCN(CC)CC)cc3)cc(Cl)nc12. The molecule has 0 radical (unpaired) electrons. The number of anilines is 2. The van der Waals surface area contributed by atoms with E-state index in [4.69, 9.17) is 11.6 Å². The van der Waals surface area contributed by atoms with E-state index >= 15 is 0 Å². The van der Waals surface area contributed by atoms with E-state index in [1.807, 2.05) is 12.1 Å². The van der Waals surface area contributed by atoms with Gasteiger partial charge >= 0.3 is 0 Å². The normalized spacial score (nSPS) is 11.2.